The summed E-state index contributed by atoms with van der Waals surface area (Å²) >= 11 is 0. The molecule has 0 N–H and O–H groups in total. The maximum absolute atomic E-state index is 12.9. The molecule has 3 rings (SSSR count). The Labute approximate surface area is 159 Å². The fourth-order valence-electron chi connectivity index (χ4n) is 3.80. The summed E-state index contributed by atoms with van der Waals surface area (Å²) in [4.78, 5) is 37.0. The topological polar surface area (TPSA) is 69.7 Å². The Kier molecular flexibility index (Phi) is 4.81. The zero-order valence-electron chi connectivity index (χ0n) is 16.2. The van der Waals surface area contributed by atoms with Crippen molar-refractivity contribution in [3.8, 4) is 0 Å². The molecular weight excluding hydrogens is 344 g/mol. The third kappa shape index (κ3) is 3.34. The number of hydrogen-bond donors (Lipinski definition) is 0. The summed E-state index contributed by atoms with van der Waals surface area (Å²) in [5.74, 6) is -1.79. The molecule has 3 unspecified atom stereocenters. The standard InChI is InChI=1S/C22H24O5/c1-12(2)8-13(3)6-7-16-9-15-10-18-19(14(4)23)21(25)27-22(18,5)20(24)17(15)11-26-16/h6-12,18-19H,1-5H3/b7-6-,13-8-. The first-order valence-corrected chi connectivity index (χ1v) is 9.09. The van der Waals surface area contributed by atoms with Crippen LogP contribution in [0.25, 0.3) is 0 Å². The lowest BCUT2D eigenvalue weighted by molar-refractivity contribution is -0.156. The van der Waals surface area contributed by atoms with Crippen molar-refractivity contribution in [3.05, 3.63) is 59.1 Å². The van der Waals surface area contributed by atoms with Crippen molar-refractivity contribution >= 4 is 17.5 Å². The van der Waals surface area contributed by atoms with E-state index in [1.807, 2.05) is 19.1 Å². The number of Topliss-reactive ketones (excluding diaryl/α,β-unsaturated/α-hetero) is 2. The normalized spacial score (nSPS) is 30.3. The first-order chi connectivity index (χ1) is 12.6. The summed E-state index contributed by atoms with van der Waals surface area (Å²) in [5.41, 5.74) is 0.766. The minimum atomic E-state index is -1.36. The summed E-state index contributed by atoms with van der Waals surface area (Å²) in [5, 5.41) is 0. The number of ketones is 2. The van der Waals surface area contributed by atoms with Crippen LogP contribution in [0.5, 0.6) is 0 Å². The van der Waals surface area contributed by atoms with Gasteiger partial charge in [-0.05, 0) is 44.4 Å². The van der Waals surface area contributed by atoms with Crippen molar-refractivity contribution in [3.63, 3.8) is 0 Å². The third-order valence-corrected chi connectivity index (χ3v) is 5.08. The molecule has 0 saturated carbocycles. The van der Waals surface area contributed by atoms with Crippen LogP contribution < -0.4 is 0 Å². The fraction of sp³-hybridized carbons (Fsp3) is 0.409. The molecule has 0 amide bonds. The molecule has 5 nitrogen and oxygen atoms in total. The predicted octanol–water partition coefficient (Wildman–Crippen LogP) is 3.59. The Morgan fingerprint density at radius 1 is 1.26 bits per heavy atom. The van der Waals surface area contributed by atoms with Crippen LogP contribution >= 0.6 is 0 Å². The number of rotatable bonds is 4. The van der Waals surface area contributed by atoms with Gasteiger partial charge in [-0.15, -0.1) is 0 Å². The number of esters is 1. The van der Waals surface area contributed by atoms with Gasteiger partial charge in [0.05, 0.1) is 5.57 Å². The summed E-state index contributed by atoms with van der Waals surface area (Å²) in [6, 6.07) is 0. The predicted molar refractivity (Wildman–Crippen MR) is 100 cm³/mol. The van der Waals surface area contributed by atoms with Crippen LogP contribution in [0, 0.1) is 17.8 Å². The molecule has 27 heavy (non-hydrogen) atoms. The van der Waals surface area contributed by atoms with Gasteiger partial charge in [-0.2, -0.15) is 0 Å². The molecule has 3 atom stereocenters. The maximum atomic E-state index is 12.9. The van der Waals surface area contributed by atoms with Gasteiger partial charge >= 0.3 is 5.97 Å². The van der Waals surface area contributed by atoms with Crippen LogP contribution in [-0.2, 0) is 23.9 Å². The Balaban J connectivity index is 1.95. The van der Waals surface area contributed by atoms with E-state index in [1.165, 1.54) is 13.2 Å². The van der Waals surface area contributed by atoms with Gasteiger partial charge in [0.2, 0.25) is 5.78 Å². The van der Waals surface area contributed by atoms with E-state index < -0.39 is 23.4 Å². The number of fused-ring (bicyclic) bond motifs is 2. The van der Waals surface area contributed by atoms with Gasteiger partial charge in [0.25, 0.3) is 0 Å². The second-order valence-electron chi connectivity index (χ2n) is 7.78. The number of carbonyl (C=O) groups excluding carboxylic acids is 3. The van der Waals surface area contributed by atoms with Gasteiger partial charge in [0.1, 0.15) is 23.7 Å². The van der Waals surface area contributed by atoms with Gasteiger partial charge in [0, 0.05) is 5.92 Å². The third-order valence-electron chi connectivity index (χ3n) is 5.08. The van der Waals surface area contributed by atoms with Gasteiger partial charge in [0.15, 0.2) is 5.60 Å². The lowest BCUT2D eigenvalue weighted by Crippen LogP contribution is -2.46. The van der Waals surface area contributed by atoms with Crippen LogP contribution in [-0.4, -0.2) is 23.1 Å². The Hall–Kier alpha value is -2.69. The van der Waals surface area contributed by atoms with Crippen LogP contribution in [0.15, 0.2) is 59.1 Å². The van der Waals surface area contributed by atoms with Crippen LogP contribution in [0.4, 0.5) is 0 Å². The second-order valence-corrected chi connectivity index (χ2v) is 7.78. The number of ether oxygens (including phenoxy) is 2. The van der Waals surface area contributed by atoms with E-state index in [2.05, 4.69) is 19.9 Å². The highest BCUT2D eigenvalue weighted by atomic mass is 16.6. The van der Waals surface area contributed by atoms with Gasteiger partial charge in [-0.3, -0.25) is 14.4 Å². The molecule has 2 aliphatic heterocycles. The quantitative estimate of drug-likeness (QED) is 0.431. The molecule has 1 saturated heterocycles. The van der Waals surface area contributed by atoms with E-state index in [1.54, 1.807) is 19.1 Å². The highest BCUT2D eigenvalue weighted by molar-refractivity contribution is 6.12. The van der Waals surface area contributed by atoms with Crippen molar-refractivity contribution in [2.24, 2.45) is 17.8 Å². The molecule has 0 aromatic heterocycles. The van der Waals surface area contributed by atoms with Gasteiger partial charge in [-0.1, -0.05) is 37.6 Å². The molecule has 142 valence electrons. The Bertz CT molecular complexity index is 865. The molecule has 3 aliphatic rings. The molecule has 0 bridgehead atoms. The molecule has 5 heteroatoms. The summed E-state index contributed by atoms with van der Waals surface area (Å²) < 4.78 is 10.9. The van der Waals surface area contributed by atoms with Gasteiger partial charge in [-0.25, -0.2) is 0 Å². The van der Waals surface area contributed by atoms with E-state index in [4.69, 9.17) is 9.47 Å². The summed E-state index contributed by atoms with van der Waals surface area (Å²) in [6.45, 7) is 9.14. The van der Waals surface area contributed by atoms with Crippen molar-refractivity contribution in [1.29, 1.82) is 0 Å². The van der Waals surface area contributed by atoms with E-state index in [9.17, 15) is 14.4 Å². The molecule has 0 radical (unpaired) electrons. The fourth-order valence-corrected chi connectivity index (χ4v) is 3.80. The van der Waals surface area contributed by atoms with Crippen molar-refractivity contribution in [2.75, 3.05) is 0 Å². The molecule has 1 fully saturated rings. The van der Waals surface area contributed by atoms with E-state index in [0.717, 1.165) is 5.57 Å². The van der Waals surface area contributed by atoms with Gasteiger partial charge < -0.3 is 9.47 Å². The lowest BCUT2D eigenvalue weighted by Gasteiger charge is -2.33. The molecule has 1 aliphatic carbocycles. The van der Waals surface area contributed by atoms with E-state index in [0.29, 0.717) is 22.8 Å². The Morgan fingerprint density at radius 3 is 2.59 bits per heavy atom. The molecule has 0 aromatic rings. The first-order valence-electron chi connectivity index (χ1n) is 9.09. The molecular formula is C22H24O5. The number of hydrogen-bond acceptors (Lipinski definition) is 5. The van der Waals surface area contributed by atoms with Crippen LogP contribution in [0.2, 0.25) is 0 Å². The smallest absolute Gasteiger partial charge is 0.318 e. The SMILES string of the molecule is CC(=O)C1C(=O)OC2(C)C(=O)C3=COC(/C=C\C(C)=C/C(C)C)=CC3=CC12. The average molecular weight is 368 g/mol. The lowest BCUT2D eigenvalue weighted by atomic mass is 9.70. The minimum absolute atomic E-state index is 0.295. The van der Waals surface area contributed by atoms with E-state index >= 15 is 0 Å². The highest BCUT2D eigenvalue weighted by Crippen LogP contribution is 2.46. The van der Waals surface area contributed by atoms with Crippen molar-refractivity contribution in [1.82, 2.24) is 0 Å². The number of allylic oxidation sites excluding steroid dienone is 6. The summed E-state index contributed by atoms with van der Waals surface area (Å²) in [7, 11) is 0. The second kappa shape index (κ2) is 6.80. The van der Waals surface area contributed by atoms with Crippen molar-refractivity contribution < 1.29 is 23.9 Å². The molecule has 0 aromatic carbocycles. The zero-order chi connectivity index (χ0) is 19.9. The minimum Gasteiger partial charge on any atom is -0.464 e. The average Bonchev–Trinajstić information content (AvgIpc) is 2.83. The Morgan fingerprint density at radius 2 is 1.96 bits per heavy atom. The van der Waals surface area contributed by atoms with Crippen LogP contribution in [0.1, 0.15) is 34.6 Å². The molecule has 2 heterocycles. The largest absolute Gasteiger partial charge is 0.464 e. The maximum Gasteiger partial charge on any atom is 0.318 e. The zero-order valence-corrected chi connectivity index (χ0v) is 16.2. The van der Waals surface area contributed by atoms with Crippen LogP contribution in [0.3, 0.4) is 0 Å². The number of carbonyl (C=O) groups is 3. The highest BCUT2D eigenvalue weighted by Gasteiger charge is 2.60. The summed E-state index contributed by atoms with van der Waals surface area (Å²) in [6.07, 6.45) is 10.9. The monoisotopic (exact) mass is 368 g/mol. The first kappa shape index (κ1) is 19.1. The van der Waals surface area contributed by atoms with E-state index in [-0.39, 0.29) is 11.6 Å². The molecule has 0 spiro atoms. The van der Waals surface area contributed by atoms with Crippen molar-refractivity contribution in [2.45, 2.75) is 40.2 Å².